The van der Waals surface area contributed by atoms with Gasteiger partial charge in [0.2, 0.25) is 21.9 Å². The molecule has 0 aliphatic rings. The van der Waals surface area contributed by atoms with E-state index in [4.69, 9.17) is 14.2 Å². The molecule has 2 unspecified atom stereocenters. The molecule has 0 fully saturated rings. The van der Waals surface area contributed by atoms with Crippen molar-refractivity contribution in [2.45, 2.75) is 18.3 Å². The van der Waals surface area contributed by atoms with Crippen molar-refractivity contribution in [3.8, 4) is 34.6 Å². The molecule has 2 N–H and O–H groups in total. The van der Waals surface area contributed by atoms with Gasteiger partial charge in [-0.2, -0.15) is 0 Å². The Morgan fingerprint density at radius 3 is 2.23 bits per heavy atom. The first-order chi connectivity index (χ1) is 18.6. The second-order valence-electron chi connectivity index (χ2n) is 8.22. The number of nitrogens with one attached hydrogen (secondary N) is 1. The van der Waals surface area contributed by atoms with Crippen molar-refractivity contribution in [1.29, 1.82) is 0 Å². The number of sulfonamides is 1. The highest BCUT2D eigenvalue weighted by Crippen LogP contribution is 2.38. The van der Waals surface area contributed by atoms with Crippen molar-refractivity contribution in [2.75, 3.05) is 26.1 Å². The summed E-state index contributed by atoms with van der Waals surface area (Å²) >= 11 is 0. The Morgan fingerprint density at radius 2 is 1.62 bits per heavy atom. The molecule has 0 bridgehead atoms. The second-order valence-corrected chi connectivity index (χ2v) is 10.3. The van der Waals surface area contributed by atoms with Gasteiger partial charge in [0.15, 0.2) is 5.82 Å². The minimum Gasteiger partial charge on any atom is -0.494 e. The number of rotatable bonds is 10. The molecule has 0 aliphatic heterocycles. The van der Waals surface area contributed by atoms with Crippen LogP contribution in [-0.4, -0.2) is 59.9 Å². The summed E-state index contributed by atoms with van der Waals surface area (Å²) in [6, 6.07) is 12.3. The molecular formula is C25H25F2N5O6S. The molecule has 0 spiro atoms. The van der Waals surface area contributed by atoms with Crippen LogP contribution in [0.5, 0.6) is 17.4 Å². The first-order valence-corrected chi connectivity index (χ1v) is 13.0. The zero-order chi connectivity index (χ0) is 28.3. The SMILES string of the molecule is COc1cccc(-c2nnc(NS(=O)(=O)C(C)C(O)c3ccc(F)cc3F)n2-c2c(OC)cccc2OC)n1. The van der Waals surface area contributed by atoms with Gasteiger partial charge < -0.3 is 19.3 Å². The van der Waals surface area contributed by atoms with Gasteiger partial charge in [-0.15, -0.1) is 10.2 Å². The van der Waals surface area contributed by atoms with Gasteiger partial charge >= 0.3 is 0 Å². The van der Waals surface area contributed by atoms with E-state index >= 15 is 0 Å². The molecule has 11 nitrogen and oxygen atoms in total. The maximum Gasteiger partial charge on any atom is 0.243 e. The van der Waals surface area contributed by atoms with Crippen LogP contribution >= 0.6 is 0 Å². The van der Waals surface area contributed by atoms with Crippen LogP contribution in [0.15, 0.2) is 54.6 Å². The molecule has 2 heterocycles. The summed E-state index contributed by atoms with van der Waals surface area (Å²) in [6.07, 6.45) is -1.83. The number of benzene rings is 2. The van der Waals surface area contributed by atoms with Crippen LogP contribution in [0.4, 0.5) is 14.7 Å². The van der Waals surface area contributed by atoms with Crippen LogP contribution in [0.1, 0.15) is 18.6 Å². The zero-order valence-electron chi connectivity index (χ0n) is 21.3. The lowest BCUT2D eigenvalue weighted by atomic mass is 10.1. The summed E-state index contributed by atoms with van der Waals surface area (Å²) in [5.74, 6) is -1.29. The molecule has 206 valence electrons. The highest BCUT2D eigenvalue weighted by atomic mass is 32.2. The van der Waals surface area contributed by atoms with Crippen molar-refractivity contribution in [3.63, 3.8) is 0 Å². The van der Waals surface area contributed by atoms with E-state index < -0.39 is 33.0 Å². The molecule has 0 radical (unpaired) electrons. The van der Waals surface area contributed by atoms with Gasteiger partial charge in [-0.1, -0.05) is 18.2 Å². The van der Waals surface area contributed by atoms with Gasteiger partial charge in [0, 0.05) is 17.7 Å². The smallest absolute Gasteiger partial charge is 0.243 e. The van der Waals surface area contributed by atoms with Gasteiger partial charge in [0.25, 0.3) is 0 Å². The van der Waals surface area contributed by atoms with E-state index in [0.29, 0.717) is 17.6 Å². The average molecular weight is 562 g/mol. The average Bonchev–Trinajstić information content (AvgIpc) is 3.33. The highest BCUT2D eigenvalue weighted by molar-refractivity contribution is 7.93. The van der Waals surface area contributed by atoms with Crippen LogP contribution in [0.2, 0.25) is 0 Å². The van der Waals surface area contributed by atoms with E-state index in [1.54, 1.807) is 36.4 Å². The van der Waals surface area contributed by atoms with Crippen molar-refractivity contribution in [3.05, 3.63) is 71.8 Å². The summed E-state index contributed by atoms with van der Waals surface area (Å²) < 4.78 is 74.3. The second kappa shape index (κ2) is 11.2. The first kappa shape index (κ1) is 27.7. The van der Waals surface area contributed by atoms with E-state index in [1.807, 2.05) is 0 Å². The van der Waals surface area contributed by atoms with Crippen molar-refractivity contribution in [1.82, 2.24) is 19.7 Å². The van der Waals surface area contributed by atoms with E-state index in [9.17, 15) is 22.3 Å². The van der Waals surface area contributed by atoms with Crippen molar-refractivity contribution < 1.29 is 36.5 Å². The molecule has 0 saturated carbocycles. The largest absolute Gasteiger partial charge is 0.494 e. The summed E-state index contributed by atoms with van der Waals surface area (Å²) in [4.78, 5) is 4.37. The lowest BCUT2D eigenvalue weighted by molar-refractivity contribution is 0.171. The van der Waals surface area contributed by atoms with Gasteiger partial charge in [-0.25, -0.2) is 22.2 Å². The lowest BCUT2D eigenvalue weighted by Gasteiger charge is -2.22. The van der Waals surface area contributed by atoms with Crippen molar-refractivity contribution >= 4 is 16.0 Å². The van der Waals surface area contributed by atoms with Crippen LogP contribution < -0.4 is 18.9 Å². The molecule has 14 heteroatoms. The number of hydrogen-bond acceptors (Lipinski definition) is 9. The van der Waals surface area contributed by atoms with E-state index in [1.165, 1.54) is 32.8 Å². The molecule has 39 heavy (non-hydrogen) atoms. The Balaban J connectivity index is 1.85. The number of pyridine rings is 1. The molecule has 2 aromatic carbocycles. The Morgan fingerprint density at radius 1 is 0.949 bits per heavy atom. The van der Waals surface area contributed by atoms with Crippen molar-refractivity contribution in [2.24, 2.45) is 0 Å². The fourth-order valence-corrected chi connectivity index (χ4v) is 4.88. The molecular weight excluding hydrogens is 536 g/mol. The van der Waals surface area contributed by atoms with Gasteiger partial charge in [-0.05, 0) is 31.2 Å². The topological polar surface area (TPSA) is 138 Å². The Bertz CT molecular complexity index is 1580. The third-order valence-corrected chi connectivity index (χ3v) is 7.60. The maximum atomic E-state index is 14.3. The number of hydrogen-bond donors (Lipinski definition) is 2. The standard InChI is InChI=1S/C25H25F2N5O6S/c1-14(23(33)16-12-11-15(26)13-17(16)27)39(34,35)31-25-30-29-24(18-7-5-10-21(28-18)38-4)32(25)22-19(36-2)8-6-9-20(22)37-3/h5-14,23,33H,1-4H3,(H,30,31). The molecule has 0 amide bonds. The Kier molecular flexibility index (Phi) is 7.97. The number of nitrogens with zero attached hydrogens (tertiary/aromatic N) is 4. The third-order valence-electron chi connectivity index (χ3n) is 5.90. The summed E-state index contributed by atoms with van der Waals surface area (Å²) in [5.41, 5.74) is 0.146. The van der Waals surface area contributed by atoms with Crippen LogP contribution in [0, 0.1) is 11.6 Å². The zero-order valence-corrected chi connectivity index (χ0v) is 22.1. The predicted molar refractivity (Wildman–Crippen MR) is 138 cm³/mol. The molecule has 4 aromatic rings. The monoisotopic (exact) mass is 561 g/mol. The molecule has 2 atom stereocenters. The number of para-hydroxylation sites is 1. The van der Waals surface area contributed by atoms with E-state index in [0.717, 1.165) is 12.1 Å². The minimum absolute atomic E-state index is 0.104. The lowest BCUT2D eigenvalue weighted by Crippen LogP contribution is -2.32. The quantitative estimate of drug-likeness (QED) is 0.298. The van der Waals surface area contributed by atoms with Crippen LogP contribution in [0.3, 0.4) is 0 Å². The van der Waals surface area contributed by atoms with Gasteiger partial charge in [-0.3, -0.25) is 9.29 Å². The number of aromatic nitrogens is 4. The summed E-state index contributed by atoms with van der Waals surface area (Å²) in [7, 11) is -0.164. The summed E-state index contributed by atoms with van der Waals surface area (Å²) in [6.45, 7) is 1.17. The third kappa shape index (κ3) is 5.47. The number of aliphatic hydroxyl groups excluding tert-OH is 1. The molecule has 0 aliphatic carbocycles. The fraction of sp³-hybridized carbons (Fsp3) is 0.240. The number of methoxy groups -OCH3 is 3. The molecule has 0 saturated heterocycles. The number of ether oxygens (including phenoxy) is 3. The number of aliphatic hydroxyl groups is 1. The van der Waals surface area contributed by atoms with Gasteiger partial charge in [0.05, 0.1) is 21.3 Å². The van der Waals surface area contributed by atoms with Crippen LogP contribution in [0.25, 0.3) is 17.2 Å². The first-order valence-electron chi connectivity index (χ1n) is 11.4. The van der Waals surface area contributed by atoms with E-state index in [2.05, 4.69) is 19.9 Å². The van der Waals surface area contributed by atoms with E-state index in [-0.39, 0.29) is 34.6 Å². The maximum absolute atomic E-state index is 14.3. The normalized spacial score (nSPS) is 13.0. The van der Waals surface area contributed by atoms with Gasteiger partial charge in [0.1, 0.15) is 45.9 Å². The predicted octanol–water partition coefficient (Wildman–Crippen LogP) is 3.50. The number of anilines is 1. The minimum atomic E-state index is -4.45. The highest BCUT2D eigenvalue weighted by Gasteiger charge is 2.34. The fourth-order valence-electron chi connectivity index (χ4n) is 3.82. The molecule has 2 aromatic heterocycles. The number of halogens is 2. The van der Waals surface area contributed by atoms with Crippen LogP contribution in [-0.2, 0) is 10.0 Å². The summed E-state index contributed by atoms with van der Waals surface area (Å²) in [5, 5.41) is 17.3. The molecule has 4 rings (SSSR count). The Labute approximate surface area is 223 Å². The Hall–Kier alpha value is -4.30.